The highest BCUT2D eigenvalue weighted by molar-refractivity contribution is 8.00. The molecule has 88 valence electrons. The average molecular weight is 269 g/mol. The molecule has 0 aliphatic rings. The average Bonchev–Trinajstić information content (AvgIpc) is 2.80. The molecule has 0 bridgehead atoms. The number of nitrogens with zero attached hydrogens (tertiary/aromatic N) is 1. The zero-order chi connectivity index (χ0) is 12.3. The van der Waals surface area contributed by atoms with Crippen LogP contribution in [0.25, 0.3) is 0 Å². The van der Waals surface area contributed by atoms with Gasteiger partial charge in [-0.15, -0.1) is 11.3 Å². The highest BCUT2D eigenvalue weighted by Gasteiger charge is 2.09. The summed E-state index contributed by atoms with van der Waals surface area (Å²) in [6, 6.07) is 3.80. The minimum Gasteiger partial charge on any atom is -0.478 e. The second-order valence-corrected chi connectivity index (χ2v) is 5.32. The quantitative estimate of drug-likeness (QED) is 0.865. The van der Waals surface area contributed by atoms with Crippen LogP contribution in [-0.4, -0.2) is 16.1 Å². The van der Waals surface area contributed by atoms with E-state index in [4.69, 9.17) is 5.11 Å². The third-order valence-corrected chi connectivity index (χ3v) is 4.07. The Labute approximate surface area is 105 Å². The molecule has 0 spiro atoms. The highest BCUT2D eigenvalue weighted by Crippen LogP contribution is 2.26. The van der Waals surface area contributed by atoms with Gasteiger partial charge in [-0.25, -0.2) is 14.2 Å². The number of hydrogen-bond donors (Lipinski definition) is 1. The Balaban J connectivity index is 2.14. The van der Waals surface area contributed by atoms with Crippen molar-refractivity contribution in [2.75, 3.05) is 0 Å². The summed E-state index contributed by atoms with van der Waals surface area (Å²) in [5.41, 5.74) is 0.478. The van der Waals surface area contributed by atoms with E-state index in [1.807, 2.05) is 5.38 Å². The van der Waals surface area contributed by atoms with Crippen LogP contribution in [0.3, 0.4) is 0 Å². The van der Waals surface area contributed by atoms with E-state index in [0.717, 1.165) is 4.34 Å². The minimum atomic E-state index is -1.05. The van der Waals surface area contributed by atoms with Crippen LogP contribution in [-0.2, 0) is 5.75 Å². The van der Waals surface area contributed by atoms with Gasteiger partial charge in [0.1, 0.15) is 10.2 Å². The van der Waals surface area contributed by atoms with Crippen LogP contribution in [0.4, 0.5) is 4.39 Å². The summed E-state index contributed by atoms with van der Waals surface area (Å²) in [7, 11) is 0. The number of thiazole rings is 1. The van der Waals surface area contributed by atoms with Crippen molar-refractivity contribution < 1.29 is 14.3 Å². The van der Waals surface area contributed by atoms with Crippen molar-refractivity contribution in [3.05, 3.63) is 46.7 Å². The van der Waals surface area contributed by atoms with Crippen molar-refractivity contribution in [3.63, 3.8) is 0 Å². The topological polar surface area (TPSA) is 50.2 Å². The van der Waals surface area contributed by atoms with E-state index in [1.54, 1.807) is 6.20 Å². The summed E-state index contributed by atoms with van der Waals surface area (Å²) in [6.45, 7) is 0. The largest absolute Gasteiger partial charge is 0.478 e. The molecule has 0 aliphatic heterocycles. The number of aromatic carboxylic acids is 1. The molecule has 6 heteroatoms. The molecule has 0 radical (unpaired) electrons. The van der Waals surface area contributed by atoms with Gasteiger partial charge in [-0.3, -0.25) is 0 Å². The van der Waals surface area contributed by atoms with Crippen molar-refractivity contribution in [2.45, 2.75) is 10.1 Å². The monoisotopic (exact) mass is 269 g/mol. The molecular formula is C11H8FNO2S2. The summed E-state index contributed by atoms with van der Waals surface area (Å²) in [5.74, 6) is -1.06. The number of halogens is 1. The van der Waals surface area contributed by atoms with Crippen LogP contribution in [0.15, 0.2) is 34.1 Å². The van der Waals surface area contributed by atoms with Gasteiger partial charge in [-0.2, -0.15) is 0 Å². The van der Waals surface area contributed by atoms with Crippen LogP contribution in [0.1, 0.15) is 15.9 Å². The van der Waals surface area contributed by atoms with E-state index in [0.29, 0.717) is 11.3 Å². The summed E-state index contributed by atoms with van der Waals surface area (Å²) in [5, 5.41) is 10.7. The molecule has 0 atom stereocenters. The van der Waals surface area contributed by atoms with Gasteiger partial charge in [-0.05, 0) is 23.8 Å². The fourth-order valence-electron chi connectivity index (χ4n) is 1.24. The second-order valence-electron chi connectivity index (χ2n) is 3.20. The Morgan fingerprint density at radius 1 is 1.53 bits per heavy atom. The number of aromatic nitrogens is 1. The summed E-state index contributed by atoms with van der Waals surface area (Å²) in [4.78, 5) is 14.8. The Morgan fingerprint density at radius 2 is 2.35 bits per heavy atom. The van der Waals surface area contributed by atoms with Crippen LogP contribution in [0.2, 0.25) is 0 Å². The Morgan fingerprint density at radius 3 is 3.00 bits per heavy atom. The van der Waals surface area contributed by atoms with Gasteiger partial charge < -0.3 is 5.11 Å². The lowest BCUT2D eigenvalue weighted by Crippen LogP contribution is -1.98. The molecule has 0 saturated carbocycles. The van der Waals surface area contributed by atoms with Gasteiger partial charge >= 0.3 is 5.97 Å². The molecule has 1 heterocycles. The molecule has 1 aromatic heterocycles. The second kappa shape index (κ2) is 5.29. The van der Waals surface area contributed by atoms with Gasteiger partial charge in [0.25, 0.3) is 0 Å². The Bertz CT molecular complexity index is 528. The molecule has 3 nitrogen and oxygen atoms in total. The van der Waals surface area contributed by atoms with Crippen molar-refractivity contribution in [3.8, 4) is 0 Å². The van der Waals surface area contributed by atoms with Crippen molar-refractivity contribution in [1.29, 1.82) is 0 Å². The summed E-state index contributed by atoms with van der Waals surface area (Å²) >= 11 is 2.86. The Hall–Kier alpha value is -1.40. The van der Waals surface area contributed by atoms with E-state index in [9.17, 15) is 9.18 Å². The molecule has 0 unspecified atom stereocenters. The van der Waals surface area contributed by atoms with Crippen LogP contribution in [0.5, 0.6) is 0 Å². The first-order valence-electron chi connectivity index (χ1n) is 4.71. The van der Waals surface area contributed by atoms with E-state index in [1.165, 1.54) is 41.3 Å². The molecule has 0 fully saturated rings. The fraction of sp³-hybridized carbons (Fsp3) is 0.0909. The van der Waals surface area contributed by atoms with Crippen LogP contribution < -0.4 is 0 Å². The first-order valence-corrected chi connectivity index (χ1v) is 6.57. The zero-order valence-electron chi connectivity index (χ0n) is 8.59. The zero-order valence-corrected chi connectivity index (χ0v) is 10.2. The molecular weight excluding hydrogens is 261 g/mol. The molecule has 0 saturated heterocycles. The molecule has 1 N–H and O–H groups in total. The summed E-state index contributed by atoms with van der Waals surface area (Å²) in [6.07, 6.45) is 1.68. The number of benzene rings is 1. The van der Waals surface area contributed by atoms with Gasteiger partial charge in [0.2, 0.25) is 0 Å². The third kappa shape index (κ3) is 3.04. The lowest BCUT2D eigenvalue weighted by molar-refractivity contribution is 0.0696. The molecule has 0 aliphatic carbocycles. The number of thioether (sulfide) groups is 1. The van der Waals surface area contributed by atoms with Gasteiger partial charge in [0.15, 0.2) is 0 Å². The predicted molar refractivity (Wildman–Crippen MR) is 65.0 cm³/mol. The van der Waals surface area contributed by atoms with Crippen molar-refractivity contribution in [1.82, 2.24) is 4.98 Å². The Kier molecular flexibility index (Phi) is 3.75. The van der Waals surface area contributed by atoms with Crippen LogP contribution in [0, 0.1) is 5.82 Å². The standard InChI is InChI=1S/C11H8FNO2S2/c12-9-2-1-7(10(14)15)5-8(9)6-17-11-13-3-4-16-11/h1-5H,6H2,(H,14,15). The maximum Gasteiger partial charge on any atom is 0.335 e. The lowest BCUT2D eigenvalue weighted by Gasteiger charge is -2.03. The third-order valence-electron chi connectivity index (χ3n) is 2.05. The minimum absolute atomic E-state index is 0.0983. The maximum absolute atomic E-state index is 13.4. The summed E-state index contributed by atoms with van der Waals surface area (Å²) < 4.78 is 14.3. The number of carboxylic acid groups (broad SMARTS) is 1. The molecule has 0 amide bonds. The molecule has 1 aromatic carbocycles. The molecule has 2 rings (SSSR count). The first kappa shape index (κ1) is 12.1. The number of carboxylic acids is 1. The van der Waals surface area contributed by atoms with Gasteiger partial charge in [-0.1, -0.05) is 11.8 Å². The first-order chi connectivity index (χ1) is 8.16. The van der Waals surface area contributed by atoms with Crippen molar-refractivity contribution in [2.24, 2.45) is 0 Å². The van der Waals surface area contributed by atoms with E-state index in [-0.39, 0.29) is 11.4 Å². The number of hydrogen-bond acceptors (Lipinski definition) is 4. The smallest absolute Gasteiger partial charge is 0.335 e. The predicted octanol–water partition coefficient (Wildman–Crippen LogP) is 3.27. The lowest BCUT2D eigenvalue weighted by atomic mass is 10.1. The van der Waals surface area contributed by atoms with E-state index < -0.39 is 5.97 Å². The fourth-order valence-corrected chi connectivity index (χ4v) is 2.85. The SMILES string of the molecule is O=C(O)c1ccc(F)c(CSc2nccs2)c1. The van der Waals surface area contributed by atoms with Gasteiger partial charge in [0.05, 0.1) is 5.56 Å². The van der Waals surface area contributed by atoms with Gasteiger partial charge in [0, 0.05) is 17.3 Å². The van der Waals surface area contributed by atoms with Crippen LogP contribution >= 0.6 is 23.1 Å². The number of rotatable bonds is 4. The van der Waals surface area contributed by atoms with E-state index in [2.05, 4.69) is 4.98 Å². The molecule has 17 heavy (non-hydrogen) atoms. The van der Waals surface area contributed by atoms with E-state index >= 15 is 0 Å². The molecule has 2 aromatic rings. The normalized spacial score (nSPS) is 10.4. The number of carbonyl (C=O) groups is 1. The maximum atomic E-state index is 13.4. The van der Waals surface area contributed by atoms with Crippen molar-refractivity contribution >= 4 is 29.1 Å². The highest BCUT2D eigenvalue weighted by atomic mass is 32.2.